The summed E-state index contributed by atoms with van der Waals surface area (Å²) >= 11 is 12.5. The van der Waals surface area contributed by atoms with Crippen LogP contribution in [0.15, 0.2) is 36.4 Å². The second-order valence-electron chi connectivity index (χ2n) is 13.3. The van der Waals surface area contributed by atoms with Gasteiger partial charge in [0.25, 0.3) is 5.91 Å². The third-order valence-electron chi connectivity index (χ3n) is 10.4. The number of ether oxygens (including phenoxy) is 2. The molecule has 1 atom stereocenters. The minimum atomic E-state index is -0.991. The van der Waals surface area contributed by atoms with Gasteiger partial charge < -0.3 is 34.4 Å². The number of likely N-dealkylation sites (tertiary alicyclic amines) is 2. The summed E-state index contributed by atoms with van der Waals surface area (Å²) in [4.78, 5) is 50.9. The van der Waals surface area contributed by atoms with Crippen LogP contribution in [0.25, 0.3) is 0 Å². The number of halogens is 2. The number of methoxy groups -OCH3 is 1. The summed E-state index contributed by atoms with van der Waals surface area (Å²) in [6.07, 6.45) is 2.92. The van der Waals surface area contributed by atoms with E-state index in [1.54, 1.807) is 24.1 Å². The van der Waals surface area contributed by atoms with Gasteiger partial charge in [-0.3, -0.25) is 9.69 Å². The molecule has 4 aliphatic rings. The number of nitrogens with one attached hydrogen (secondary N) is 1. The molecule has 3 saturated heterocycles. The van der Waals surface area contributed by atoms with E-state index in [2.05, 4.69) is 22.2 Å². The quantitative estimate of drug-likeness (QED) is 0.442. The van der Waals surface area contributed by atoms with Crippen LogP contribution in [-0.4, -0.2) is 134 Å². The van der Waals surface area contributed by atoms with Crippen molar-refractivity contribution in [2.24, 2.45) is 0 Å². The van der Waals surface area contributed by atoms with Gasteiger partial charge in [-0.2, -0.15) is 0 Å². The Kier molecular flexibility index (Phi) is 11.2. The first-order valence-corrected chi connectivity index (χ1v) is 17.8. The predicted octanol–water partition coefficient (Wildman–Crippen LogP) is 4.84. The summed E-state index contributed by atoms with van der Waals surface area (Å²) in [5, 5.41) is 3.85. The van der Waals surface area contributed by atoms with Gasteiger partial charge in [0.05, 0.1) is 17.2 Å². The van der Waals surface area contributed by atoms with Crippen molar-refractivity contribution in [3.8, 4) is 5.75 Å². The molecule has 0 saturated carbocycles. The Bertz CT molecular complexity index is 1470. The van der Waals surface area contributed by atoms with Crippen molar-refractivity contribution in [3.05, 3.63) is 57.6 Å². The summed E-state index contributed by atoms with van der Waals surface area (Å²) < 4.78 is 11.4. The van der Waals surface area contributed by atoms with Crippen LogP contribution < -0.4 is 10.1 Å². The number of carbonyl (C=O) groups is 3. The van der Waals surface area contributed by atoms with Gasteiger partial charge in [-0.1, -0.05) is 29.3 Å². The van der Waals surface area contributed by atoms with Crippen LogP contribution in [0, 0.1) is 0 Å². The largest absolute Gasteiger partial charge is 0.497 e. The molecule has 13 heteroatoms. The Labute approximate surface area is 293 Å². The zero-order valence-electron chi connectivity index (χ0n) is 27.8. The average molecular weight is 702 g/mol. The molecule has 4 amide bonds. The van der Waals surface area contributed by atoms with E-state index in [0.29, 0.717) is 68.1 Å². The fraction of sp³-hybridized carbons (Fsp3) is 0.571. The number of carbonyl (C=O) groups excluding carboxylic acids is 3. The summed E-state index contributed by atoms with van der Waals surface area (Å²) in [6.45, 7) is 6.44. The van der Waals surface area contributed by atoms with Crippen molar-refractivity contribution < 1.29 is 23.9 Å². The van der Waals surface area contributed by atoms with E-state index < -0.39 is 12.2 Å². The minimum absolute atomic E-state index is 0.0141. The topological polar surface area (TPSA) is 97.9 Å². The Hall–Kier alpha value is -3.25. The van der Waals surface area contributed by atoms with Crippen molar-refractivity contribution in [2.75, 3.05) is 78.4 Å². The monoisotopic (exact) mass is 700 g/mol. The number of urea groups is 1. The van der Waals surface area contributed by atoms with Crippen LogP contribution >= 0.6 is 23.2 Å². The van der Waals surface area contributed by atoms with Crippen molar-refractivity contribution in [3.63, 3.8) is 0 Å². The zero-order valence-corrected chi connectivity index (χ0v) is 29.3. The number of piperidine rings is 2. The molecule has 0 aliphatic carbocycles. The normalized spacial score (nSPS) is 20.9. The van der Waals surface area contributed by atoms with E-state index in [-0.39, 0.29) is 24.4 Å². The second-order valence-corrected chi connectivity index (χ2v) is 14.1. The van der Waals surface area contributed by atoms with E-state index in [1.807, 2.05) is 34.1 Å². The third-order valence-corrected chi connectivity index (χ3v) is 11.1. The number of benzene rings is 2. The van der Waals surface area contributed by atoms with Crippen molar-refractivity contribution in [1.82, 2.24) is 24.5 Å². The lowest BCUT2D eigenvalue weighted by Crippen LogP contribution is -2.56. The summed E-state index contributed by atoms with van der Waals surface area (Å²) in [5.74, 6) is 0.568. The molecule has 4 heterocycles. The van der Waals surface area contributed by atoms with Crippen LogP contribution in [0.2, 0.25) is 10.0 Å². The number of fused-ring (bicyclic) bond motifs is 1. The molecule has 0 aromatic heterocycles. The molecule has 260 valence electrons. The summed E-state index contributed by atoms with van der Waals surface area (Å²) in [7, 11) is 3.79. The fourth-order valence-electron chi connectivity index (χ4n) is 7.39. The van der Waals surface area contributed by atoms with Gasteiger partial charge in [0.15, 0.2) is 6.10 Å². The first-order valence-electron chi connectivity index (χ1n) is 17.0. The van der Waals surface area contributed by atoms with E-state index in [4.69, 9.17) is 32.7 Å². The minimum Gasteiger partial charge on any atom is -0.497 e. The summed E-state index contributed by atoms with van der Waals surface area (Å²) in [5.41, 5.74) is 2.60. The van der Waals surface area contributed by atoms with Gasteiger partial charge in [0, 0.05) is 70.0 Å². The molecule has 1 unspecified atom stereocenters. The molecule has 0 bridgehead atoms. The Morgan fingerprint density at radius 3 is 2.25 bits per heavy atom. The van der Waals surface area contributed by atoms with E-state index in [9.17, 15) is 14.4 Å². The highest BCUT2D eigenvalue weighted by atomic mass is 35.5. The third kappa shape index (κ3) is 8.13. The molecule has 48 heavy (non-hydrogen) atoms. The first kappa shape index (κ1) is 34.6. The van der Waals surface area contributed by atoms with Crippen LogP contribution in [0.3, 0.4) is 0 Å². The SMILES string of the molecule is COc1ccc2c(c1)CCN(C1CCN(C(=O)OC(Cc3ccc(Cl)c(Cl)c3)C(=O)N3CCN(C4CCN(C)CC4)CC3)CC1)C(=O)N2. The molecule has 11 nitrogen and oxygen atoms in total. The number of anilines is 1. The zero-order chi connectivity index (χ0) is 33.8. The molecule has 1 N–H and O–H groups in total. The van der Waals surface area contributed by atoms with Gasteiger partial charge in [-0.05, 0) is 93.7 Å². The van der Waals surface area contributed by atoms with Gasteiger partial charge in [-0.15, -0.1) is 0 Å². The first-order chi connectivity index (χ1) is 23.2. The average Bonchev–Trinajstić information content (AvgIpc) is 3.27. The Balaban J connectivity index is 1.06. The molecule has 4 aliphatic heterocycles. The van der Waals surface area contributed by atoms with Crippen molar-refractivity contribution in [1.29, 1.82) is 0 Å². The number of nitrogens with zero attached hydrogens (tertiary/aromatic N) is 5. The Morgan fingerprint density at radius 1 is 0.854 bits per heavy atom. The number of hydrogen-bond donors (Lipinski definition) is 1. The lowest BCUT2D eigenvalue weighted by atomic mass is 10.0. The summed E-state index contributed by atoms with van der Waals surface area (Å²) in [6, 6.07) is 11.3. The highest BCUT2D eigenvalue weighted by Crippen LogP contribution is 2.29. The predicted molar refractivity (Wildman–Crippen MR) is 186 cm³/mol. The highest BCUT2D eigenvalue weighted by Gasteiger charge is 2.36. The number of amides is 4. The lowest BCUT2D eigenvalue weighted by Gasteiger charge is -2.42. The lowest BCUT2D eigenvalue weighted by molar-refractivity contribution is -0.143. The van der Waals surface area contributed by atoms with Crippen molar-refractivity contribution in [2.45, 2.75) is 56.7 Å². The standard InChI is InChI=1S/C35H46Cl2N6O5/c1-39-12-8-26(9-13-39)40-17-19-41(20-18-40)33(44)32(22-24-3-5-29(36)30(37)21-24)48-35(46)42-14-10-27(11-15-42)43-16-7-25-23-28(47-2)4-6-31(25)38-34(43)45/h3-6,21,23,26-27,32H,7-20,22H2,1-2H3,(H,38,45). The second kappa shape index (κ2) is 15.5. The fourth-order valence-corrected chi connectivity index (χ4v) is 7.71. The molecule has 0 spiro atoms. The van der Waals surface area contributed by atoms with Gasteiger partial charge in [0.1, 0.15) is 5.75 Å². The highest BCUT2D eigenvalue weighted by molar-refractivity contribution is 6.42. The molecule has 3 fully saturated rings. The number of rotatable bonds is 7. The van der Waals surface area contributed by atoms with Crippen molar-refractivity contribution >= 4 is 46.9 Å². The molecule has 6 rings (SSSR count). The molecule has 2 aromatic rings. The van der Waals surface area contributed by atoms with Crippen LogP contribution in [0.4, 0.5) is 15.3 Å². The van der Waals surface area contributed by atoms with Crippen LogP contribution in [-0.2, 0) is 22.4 Å². The van der Waals surface area contributed by atoms with Gasteiger partial charge in [0.2, 0.25) is 0 Å². The maximum Gasteiger partial charge on any atom is 0.410 e. The maximum absolute atomic E-state index is 13.9. The van der Waals surface area contributed by atoms with E-state index in [0.717, 1.165) is 61.6 Å². The Morgan fingerprint density at radius 2 is 1.56 bits per heavy atom. The number of piperazine rings is 1. The maximum atomic E-state index is 13.9. The molecule has 0 radical (unpaired) electrons. The van der Waals surface area contributed by atoms with Crippen LogP contribution in [0.1, 0.15) is 36.8 Å². The van der Waals surface area contributed by atoms with Gasteiger partial charge in [-0.25, -0.2) is 9.59 Å². The number of hydrogen-bond acceptors (Lipinski definition) is 7. The van der Waals surface area contributed by atoms with Gasteiger partial charge >= 0.3 is 12.1 Å². The van der Waals surface area contributed by atoms with E-state index >= 15 is 0 Å². The molecular weight excluding hydrogens is 655 g/mol. The van der Waals surface area contributed by atoms with Crippen LogP contribution in [0.5, 0.6) is 5.75 Å². The molecular formula is C35H46Cl2N6O5. The van der Waals surface area contributed by atoms with E-state index in [1.165, 1.54) is 0 Å². The molecule has 2 aromatic carbocycles. The smallest absolute Gasteiger partial charge is 0.410 e.